The number of carbonyl (C=O) groups is 2. The van der Waals surface area contributed by atoms with Gasteiger partial charge in [-0.15, -0.1) is 0 Å². The van der Waals surface area contributed by atoms with Crippen LogP contribution in [0.4, 0.5) is 0 Å². The summed E-state index contributed by atoms with van der Waals surface area (Å²) in [5, 5.41) is 0. The van der Waals surface area contributed by atoms with E-state index in [0.29, 0.717) is 42.9 Å². The van der Waals surface area contributed by atoms with Crippen molar-refractivity contribution in [1.82, 2.24) is 4.98 Å². The molecule has 2 saturated carbocycles. The standard InChI is InChI=1S/C63H67NO13/c1-41(65)72-40-62(4)52-33-55(63(5)53(61(52,3)29-28-54(62)73-42(2)66)31-48-50(77-63)32-49(74-59(48)67)47-27-18-30-64-34-47)76-60-58(71-38-46-25-16-9-17-26-46)57(70-37-45-23-14-8-15-24-45)56(69-36-44-21-12-7-13-22-44)51(75-60)39-68-35-43-19-10-6-11-20-43/h6-27,30-32,34,51-52,54-58,60H,28-29,33,35-40H2,1-5H3/t51-,52?,54?,55+,56-,57+,58+,60?,61+,62+,63+/m1/s1. The Kier molecular flexibility index (Phi) is 16.3. The van der Waals surface area contributed by atoms with Crippen LogP contribution in [0, 0.1) is 16.7 Å². The number of pyridine rings is 1. The van der Waals surface area contributed by atoms with Gasteiger partial charge in [-0.1, -0.05) is 135 Å². The van der Waals surface area contributed by atoms with Crippen LogP contribution < -0.4 is 10.4 Å². The van der Waals surface area contributed by atoms with Crippen LogP contribution in [-0.4, -0.2) is 78.7 Å². The van der Waals surface area contributed by atoms with Crippen molar-refractivity contribution in [3.05, 3.63) is 196 Å². The van der Waals surface area contributed by atoms with Crippen molar-refractivity contribution in [2.24, 2.45) is 16.7 Å². The Balaban J connectivity index is 1.10. The Morgan fingerprint density at radius 2 is 1.27 bits per heavy atom. The number of nitrogens with zero attached hydrogens (tertiary/aromatic N) is 1. The first-order chi connectivity index (χ1) is 37.3. The molecule has 2 aromatic heterocycles. The number of aromatic nitrogens is 1. The molecule has 0 amide bonds. The zero-order valence-electron chi connectivity index (χ0n) is 44.2. The van der Waals surface area contributed by atoms with Crippen molar-refractivity contribution in [1.29, 1.82) is 0 Å². The number of hydrogen-bond donors (Lipinski definition) is 0. The molecule has 0 bridgehead atoms. The molecule has 2 aliphatic carbocycles. The summed E-state index contributed by atoms with van der Waals surface area (Å²) in [5.74, 6) is -0.709. The number of hydrogen-bond acceptors (Lipinski definition) is 14. The number of carbonyl (C=O) groups excluding carboxylic acids is 2. The number of rotatable bonds is 19. The molecule has 1 saturated heterocycles. The number of benzene rings is 4. The fraction of sp³-hybridized carbons (Fsp3) is 0.397. The lowest BCUT2D eigenvalue weighted by molar-refractivity contribution is -0.347. The highest BCUT2D eigenvalue weighted by Gasteiger charge is 2.67. The van der Waals surface area contributed by atoms with E-state index in [2.05, 4.69) is 11.9 Å². The Bertz CT molecular complexity index is 3030. The SMILES string of the molecule is CC(=O)OC[C@]1(C)C(OC(C)=O)CC[C@]2(C)C3=Cc4c(cc(-c5cccnc5)oc4=O)O[C@]3(C)[C@@H](OC3O[C@H](COCc4ccccc4)[C@@H](OCc4ccccc4)[C@H](OCc4ccccc4)[C@@H]3OCc3ccccc3)CC12. The molecule has 4 aliphatic rings. The topological polar surface area (TPSA) is 160 Å². The van der Waals surface area contributed by atoms with Gasteiger partial charge in [0, 0.05) is 43.3 Å². The normalized spacial score (nSPS) is 28.4. The second kappa shape index (κ2) is 23.4. The first-order valence-electron chi connectivity index (χ1n) is 26.5. The van der Waals surface area contributed by atoms with Crippen molar-refractivity contribution in [3.8, 4) is 17.1 Å². The van der Waals surface area contributed by atoms with Gasteiger partial charge in [0.15, 0.2) is 11.9 Å². The molecule has 2 aliphatic heterocycles. The first-order valence-corrected chi connectivity index (χ1v) is 26.5. The van der Waals surface area contributed by atoms with E-state index >= 15 is 0 Å². The van der Waals surface area contributed by atoms with E-state index in [9.17, 15) is 14.4 Å². The van der Waals surface area contributed by atoms with Crippen LogP contribution in [0.15, 0.2) is 167 Å². The quantitative estimate of drug-likeness (QED) is 0.0557. The number of fused-ring (bicyclic) bond motifs is 4. The van der Waals surface area contributed by atoms with Crippen LogP contribution in [0.3, 0.4) is 0 Å². The zero-order chi connectivity index (χ0) is 53.6. The molecule has 14 heteroatoms. The summed E-state index contributed by atoms with van der Waals surface area (Å²) in [4.78, 5) is 44.2. The fourth-order valence-electron chi connectivity index (χ4n) is 12.1. The van der Waals surface area contributed by atoms with Crippen molar-refractivity contribution in [3.63, 3.8) is 0 Å². The maximum Gasteiger partial charge on any atom is 0.347 e. The van der Waals surface area contributed by atoms with E-state index in [1.54, 1.807) is 24.5 Å². The lowest BCUT2D eigenvalue weighted by Gasteiger charge is -2.63. The molecule has 0 spiro atoms. The molecule has 0 radical (unpaired) electrons. The van der Waals surface area contributed by atoms with E-state index in [-0.39, 0.29) is 38.6 Å². The van der Waals surface area contributed by atoms with E-state index in [1.807, 2.05) is 147 Å². The summed E-state index contributed by atoms with van der Waals surface area (Å²) in [6, 6.07) is 45.0. The van der Waals surface area contributed by atoms with Gasteiger partial charge in [-0.25, -0.2) is 4.79 Å². The van der Waals surface area contributed by atoms with Gasteiger partial charge in [-0.05, 0) is 83.6 Å². The molecule has 4 heterocycles. The molecule has 6 aromatic rings. The largest absolute Gasteiger partial charge is 0.479 e. The summed E-state index contributed by atoms with van der Waals surface area (Å²) in [6.07, 6.45) is 0.562. The van der Waals surface area contributed by atoms with Crippen LogP contribution >= 0.6 is 0 Å². The van der Waals surface area contributed by atoms with Crippen LogP contribution in [0.2, 0.25) is 0 Å². The van der Waals surface area contributed by atoms with Crippen LogP contribution in [0.5, 0.6) is 5.75 Å². The molecule has 3 unspecified atom stereocenters. The van der Waals surface area contributed by atoms with Crippen molar-refractivity contribution < 1.29 is 56.6 Å². The first kappa shape index (κ1) is 53.6. The summed E-state index contributed by atoms with van der Waals surface area (Å²) < 4.78 is 68.1. The van der Waals surface area contributed by atoms with Gasteiger partial charge >= 0.3 is 17.6 Å². The average molecular weight is 1050 g/mol. The Hall–Kier alpha value is -6.78. The van der Waals surface area contributed by atoms with Crippen LogP contribution in [0.1, 0.15) is 81.7 Å². The van der Waals surface area contributed by atoms with Gasteiger partial charge in [0.1, 0.15) is 60.3 Å². The predicted molar refractivity (Wildman–Crippen MR) is 286 cm³/mol. The van der Waals surface area contributed by atoms with E-state index in [4.69, 9.17) is 47.0 Å². The van der Waals surface area contributed by atoms with Crippen LogP contribution in [0.25, 0.3) is 17.4 Å². The summed E-state index contributed by atoms with van der Waals surface area (Å²) >= 11 is 0. The average Bonchev–Trinajstić information content (AvgIpc) is 3.60. The highest BCUT2D eigenvalue weighted by Crippen LogP contribution is 2.65. The molecule has 10 rings (SSSR count). The van der Waals surface area contributed by atoms with Gasteiger partial charge in [-0.2, -0.15) is 0 Å². The molecular formula is C63H67NO13. The fourth-order valence-corrected chi connectivity index (χ4v) is 12.1. The minimum atomic E-state index is -1.28. The zero-order valence-corrected chi connectivity index (χ0v) is 44.2. The Morgan fingerprint density at radius 3 is 1.84 bits per heavy atom. The molecule has 77 heavy (non-hydrogen) atoms. The van der Waals surface area contributed by atoms with Gasteiger partial charge in [0.25, 0.3) is 0 Å². The molecule has 0 N–H and O–H groups in total. The predicted octanol–water partition coefficient (Wildman–Crippen LogP) is 10.6. The summed E-state index contributed by atoms with van der Waals surface area (Å²) in [5.41, 5.74) is 1.90. The second-order valence-corrected chi connectivity index (χ2v) is 21.3. The van der Waals surface area contributed by atoms with E-state index in [1.165, 1.54) is 13.8 Å². The van der Waals surface area contributed by atoms with E-state index < -0.39 is 82.8 Å². The molecule has 3 fully saturated rings. The maximum atomic E-state index is 14.3. The van der Waals surface area contributed by atoms with Crippen molar-refractivity contribution in [2.45, 2.75) is 129 Å². The number of ether oxygens (including phenoxy) is 9. The van der Waals surface area contributed by atoms with E-state index in [0.717, 1.165) is 27.8 Å². The monoisotopic (exact) mass is 1050 g/mol. The minimum absolute atomic E-state index is 0.0509. The van der Waals surface area contributed by atoms with Gasteiger partial charge in [0.05, 0.1) is 33.0 Å². The van der Waals surface area contributed by atoms with Gasteiger partial charge in [-0.3, -0.25) is 14.6 Å². The molecule has 4 aromatic carbocycles. The maximum absolute atomic E-state index is 14.3. The third-order valence-electron chi connectivity index (χ3n) is 16.0. The van der Waals surface area contributed by atoms with Gasteiger partial charge < -0.3 is 47.0 Å². The van der Waals surface area contributed by atoms with Crippen LogP contribution in [-0.2, 0) is 73.9 Å². The minimum Gasteiger partial charge on any atom is -0.479 e. The van der Waals surface area contributed by atoms with Gasteiger partial charge in [0.2, 0.25) is 0 Å². The third-order valence-corrected chi connectivity index (χ3v) is 16.0. The molecule has 14 nitrogen and oxygen atoms in total. The second-order valence-electron chi connectivity index (χ2n) is 21.3. The lowest BCUT2D eigenvalue weighted by atomic mass is 9.45. The highest BCUT2D eigenvalue weighted by molar-refractivity contribution is 5.70. The third kappa shape index (κ3) is 11.7. The lowest BCUT2D eigenvalue weighted by Crippen LogP contribution is -2.68. The number of esters is 2. The Labute approximate surface area is 449 Å². The Morgan fingerprint density at radius 1 is 0.688 bits per heavy atom. The molecule has 402 valence electrons. The smallest absolute Gasteiger partial charge is 0.347 e. The van der Waals surface area contributed by atoms with Crippen molar-refractivity contribution in [2.75, 3.05) is 13.2 Å². The molecule has 11 atom stereocenters. The highest BCUT2D eigenvalue weighted by atomic mass is 16.7. The summed E-state index contributed by atoms with van der Waals surface area (Å²) in [6.45, 7) is 9.90. The van der Waals surface area contributed by atoms with Crippen molar-refractivity contribution >= 4 is 18.0 Å². The summed E-state index contributed by atoms with van der Waals surface area (Å²) in [7, 11) is 0. The molecular weight excluding hydrogens is 979 g/mol.